The smallest absolute Gasteiger partial charge is 0.464 e. The van der Waals surface area contributed by atoms with Crippen molar-refractivity contribution in [3.63, 3.8) is 0 Å². The first-order valence-corrected chi connectivity index (χ1v) is 4.80. The molecule has 1 aromatic heterocycles. The minimum Gasteiger partial charge on any atom is -0.464 e. The molecule has 1 aliphatic rings. The van der Waals surface area contributed by atoms with Crippen LogP contribution in [0.1, 0.15) is 10.5 Å². The number of aromatic nitrogens is 1. The van der Waals surface area contributed by atoms with Gasteiger partial charge < -0.3 is 19.8 Å². The van der Waals surface area contributed by atoms with Crippen LogP contribution < -0.4 is 11.2 Å². The van der Waals surface area contributed by atoms with Gasteiger partial charge in [-0.25, -0.2) is 9.78 Å². The Kier molecular flexibility index (Phi) is 3.07. The maximum Gasteiger partial charge on any atom is 0.496 e. The number of ether oxygens (including phenoxy) is 1. The molecule has 0 bridgehead atoms. The highest BCUT2D eigenvalue weighted by molar-refractivity contribution is 6.63. The Balaban J connectivity index is 2.38. The first-order valence-electron chi connectivity index (χ1n) is 4.80. The fourth-order valence-electron chi connectivity index (χ4n) is 1.47. The van der Waals surface area contributed by atoms with Gasteiger partial charge in [0.05, 0.1) is 20.3 Å². The number of nitrogens with two attached hydrogens (primary N) is 1. The number of hydrogen-bond donors (Lipinski definition) is 1. The second-order valence-corrected chi connectivity index (χ2v) is 3.24. The van der Waals surface area contributed by atoms with Gasteiger partial charge in [-0.3, -0.25) is 0 Å². The van der Waals surface area contributed by atoms with Crippen molar-refractivity contribution < 1.29 is 18.8 Å². The van der Waals surface area contributed by atoms with Gasteiger partial charge in [-0.2, -0.15) is 0 Å². The maximum atomic E-state index is 11.5. The summed E-state index contributed by atoms with van der Waals surface area (Å²) in [4.78, 5) is 15.4. The number of nitrogens with zero attached hydrogens (tertiary/aromatic N) is 1. The summed E-state index contributed by atoms with van der Waals surface area (Å²) >= 11 is 0. The zero-order chi connectivity index (χ0) is 11.5. The predicted molar refractivity (Wildman–Crippen MR) is 57.3 cm³/mol. The summed E-state index contributed by atoms with van der Waals surface area (Å²) in [6, 6.07) is 3.25. The Labute approximate surface area is 92.8 Å². The molecule has 1 aliphatic heterocycles. The zero-order valence-electron chi connectivity index (χ0n) is 8.80. The van der Waals surface area contributed by atoms with Crippen molar-refractivity contribution >= 4 is 24.4 Å². The Morgan fingerprint density at radius 3 is 2.81 bits per heavy atom. The molecule has 1 aromatic rings. The largest absolute Gasteiger partial charge is 0.496 e. The summed E-state index contributed by atoms with van der Waals surface area (Å²) in [6.45, 7) is 0.991. The van der Waals surface area contributed by atoms with Crippen LogP contribution >= 0.6 is 0 Å². The molecule has 2 heterocycles. The van der Waals surface area contributed by atoms with Crippen LogP contribution in [0.3, 0.4) is 0 Å². The van der Waals surface area contributed by atoms with E-state index in [1.54, 1.807) is 12.1 Å². The summed E-state index contributed by atoms with van der Waals surface area (Å²) in [5, 5.41) is 0. The fourth-order valence-corrected chi connectivity index (χ4v) is 1.47. The average Bonchev–Trinajstić information content (AvgIpc) is 2.81. The van der Waals surface area contributed by atoms with Crippen molar-refractivity contribution in [1.29, 1.82) is 0 Å². The maximum absolute atomic E-state index is 11.5. The van der Waals surface area contributed by atoms with E-state index in [4.69, 9.17) is 15.0 Å². The number of pyridine rings is 1. The highest BCUT2D eigenvalue weighted by Gasteiger charge is 2.31. The van der Waals surface area contributed by atoms with Gasteiger partial charge in [-0.1, -0.05) is 6.07 Å². The van der Waals surface area contributed by atoms with Crippen LogP contribution in [0, 0.1) is 0 Å². The summed E-state index contributed by atoms with van der Waals surface area (Å²) in [7, 11) is 0.718. The molecule has 84 valence electrons. The van der Waals surface area contributed by atoms with Gasteiger partial charge in [-0.15, -0.1) is 0 Å². The van der Waals surface area contributed by atoms with E-state index in [1.807, 2.05) is 0 Å². The van der Waals surface area contributed by atoms with Gasteiger partial charge >= 0.3 is 13.1 Å². The molecular formula is C9H11BN2O4. The molecule has 16 heavy (non-hydrogen) atoms. The SMILES string of the molecule is COC(=O)c1nc(N)ccc1B1OCCO1. The van der Waals surface area contributed by atoms with E-state index in [1.165, 1.54) is 7.11 Å². The minimum atomic E-state index is -0.567. The number of nitrogen functional groups attached to an aromatic ring is 1. The van der Waals surface area contributed by atoms with E-state index in [0.29, 0.717) is 18.7 Å². The third kappa shape index (κ3) is 2.00. The number of methoxy groups -OCH3 is 1. The van der Waals surface area contributed by atoms with Crippen LogP contribution in [-0.2, 0) is 14.0 Å². The molecule has 1 saturated heterocycles. The second kappa shape index (κ2) is 4.50. The average molecular weight is 222 g/mol. The molecule has 0 aliphatic carbocycles. The molecule has 2 N–H and O–H groups in total. The van der Waals surface area contributed by atoms with Crippen LogP contribution in [0.15, 0.2) is 12.1 Å². The van der Waals surface area contributed by atoms with E-state index in [9.17, 15) is 4.79 Å². The van der Waals surface area contributed by atoms with Crippen LogP contribution in [0.25, 0.3) is 0 Å². The Hall–Kier alpha value is -1.60. The molecule has 0 saturated carbocycles. The van der Waals surface area contributed by atoms with Crippen LogP contribution in [0.4, 0.5) is 5.82 Å². The molecule has 0 spiro atoms. The Morgan fingerprint density at radius 1 is 1.50 bits per heavy atom. The van der Waals surface area contributed by atoms with Crippen molar-refractivity contribution in [3.8, 4) is 0 Å². The number of carbonyl (C=O) groups excluding carboxylic acids is 1. The van der Waals surface area contributed by atoms with Gasteiger partial charge in [-0.05, 0) is 6.07 Å². The topological polar surface area (TPSA) is 83.7 Å². The normalized spacial score (nSPS) is 15.2. The molecule has 6 nitrogen and oxygen atoms in total. The Morgan fingerprint density at radius 2 is 2.19 bits per heavy atom. The molecular weight excluding hydrogens is 211 g/mol. The van der Waals surface area contributed by atoms with Gasteiger partial charge in [0.2, 0.25) is 0 Å². The molecule has 2 rings (SSSR count). The first-order chi connectivity index (χ1) is 7.72. The van der Waals surface area contributed by atoms with Gasteiger partial charge in [0.1, 0.15) is 5.82 Å². The third-order valence-electron chi connectivity index (χ3n) is 2.20. The fraction of sp³-hybridized carbons (Fsp3) is 0.333. The lowest BCUT2D eigenvalue weighted by atomic mass is 9.78. The standard InChI is InChI=1S/C9H11BN2O4/c1-14-9(13)8-6(2-3-7(11)12-8)10-15-4-5-16-10/h2-3H,4-5H2,1H3,(H2,11,12). The second-order valence-electron chi connectivity index (χ2n) is 3.24. The predicted octanol–water partition coefficient (Wildman–Crippen LogP) is -0.808. The van der Waals surface area contributed by atoms with Crippen molar-refractivity contribution in [2.75, 3.05) is 26.1 Å². The lowest BCUT2D eigenvalue weighted by molar-refractivity contribution is 0.0595. The molecule has 1 fully saturated rings. The quantitative estimate of drug-likeness (QED) is 0.520. The number of anilines is 1. The number of esters is 1. The summed E-state index contributed by atoms with van der Waals surface area (Å²) in [6.07, 6.45) is 0. The van der Waals surface area contributed by atoms with Crippen LogP contribution in [0.5, 0.6) is 0 Å². The molecule has 7 heteroatoms. The highest BCUT2D eigenvalue weighted by Crippen LogP contribution is 2.06. The summed E-state index contributed by atoms with van der Waals surface area (Å²) in [5.41, 5.74) is 6.19. The van der Waals surface area contributed by atoms with E-state index in [0.717, 1.165) is 0 Å². The molecule has 0 atom stereocenters. The third-order valence-corrected chi connectivity index (χ3v) is 2.20. The van der Waals surface area contributed by atoms with E-state index in [-0.39, 0.29) is 11.5 Å². The summed E-state index contributed by atoms with van der Waals surface area (Å²) in [5.74, 6) is -0.302. The van der Waals surface area contributed by atoms with E-state index < -0.39 is 13.1 Å². The Bertz CT molecular complexity index is 406. The lowest BCUT2D eigenvalue weighted by Gasteiger charge is -2.09. The molecule has 0 amide bonds. The molecule has 0 radical (unpaired) electrons. The minimum absolute atomic E-state index is 0.134. The van der Waals surface area contributed by atoms with Crippen molar-refractivity contribution in [3.05, 3.63) is 17.8 Å². The van der Waals surface area contributed by atoms with E-state index >= 15 is 0 Å². The van der Waals surface area contributed by atoms with Crippen molar-refractivity contribution in [2.24, 2.45) is 0 Å². The van der Waals surface area contributed by atoms with Crippen molar-refractivity contribution in [1.82, 2.24) is 4.98 Å². The van der Waals surface area contributed by atoms with Crippen LogP contribution in [0.2, 0.25) is 0 Å². The van der Waals surface area contributed by atoms with Gasteiger partial charge in [0.15, 0.2) is 5.69 Å². The zero-order valence-corrected chi connectivity index (χ0v) is 8.80. The van der Waals surface area contributed by atoms with Crippen LogP contribution in [-0.4, -0.2) is 38.4 Å². The monoisotopic (exact) mass is 222 g/mol. The van der Waals surface area contributed by atoms with E-state index in [2.05, 4.69) is 9.72 Å². The highest BCUT2D eigenvalue weighted by atomic mass is 16.6. The lowest BCUT2D eigenvalue weighted by Crippen LogP contribution is -2.37. The molecule has 0 unspecified atom stereocenters. The van der Waals surface area contributed by atoms with Gasteiger partial charge in [0.25, 0.3) is 0 Å². The molecule has 0 aromatic carbocycles. The first kappa shape index (κ1) is 10.9. The number of rotatable bonds is 2. The van der Waals surface area contributed by atoms with Crippen molar-refractivity contribution in [2.45, 2.75) is 0 Å². The van der Waals surface area contributed by atoms with Gasteiger partial charge in [0, 0.05) is 5.46 Å². The number of hydrogen-bond acceptors (Lipinski definition) is 6. The number of carbonyl (C=O) groups is 1. The summed E-state index contributed by atoms with van der Waals surface area (Å²) < 4.78 is 15.2.